The summed E-state index contributed by atoms with van der Waals surface area (Å²) in [6.07, 6.45) is 0. The molecule has 0 aliphatic heterocycles. The quantitative estimate of drug-likeness (QED) is 0.444. The van der Waals surface area contributed by atoms with Crippen LogP contribution < -0.4 is 20.9 Å². The van der Waals surface area contributed by atoms with Crippen LogP contribution in [0.2, 0.25) is 10.0 Å². The summed E-state index contributed by atoms with van der Waals surface area (Å²) >= 11 is 20.1. The standard InChI is InChI=1S/C17H14BrCl2N3O3S/c1-2-26-14-6-3-9(18)7-12(14)15(24)21-17(27)23-22-16(25)11-5-4-10(19)8-13(11)20/h3-8H,2H2,1H3,(H,22,25)(H2,21,23,24,27). The lowest BCUT2D eigenvalue weighted by atomic mass is 10.2. The maximum absolute atomic E-state index is 12.4. The molecule has 2 amide bonds. The monoisotopic (exact) mass is 489 g/mol. The topological polar surface area (TPSA) is 79.5 Å². The number of hydrazine groups is 1. The number of hydrogen-bond acceptors (Lipinski definition) is 4. The number of nitrogens with one attached hydrogen (secondary N) is 3. The average Bonchev–Trinajstić information content (AvgIpc) is 2.61. The Morgan fingerprint density at radius 1 is 1.07 bits per heavy atom. The van der Waals surface area contributed by atoms with E-state index in [2.05, 4.69) is 32.1 Å². The molecule has 3 N–H and O–H groups in total. The smallest absolute Gasteiger partial charge is 0.271 e. The summed E-state index contributed by atoms with van der Waals surface area (Å²) in [6.45, 7) is 2.22. The first-order valence-electron chi connectivity index (χ1n) is 7.61. The highest BCUT2D eigenvalue weighted by Gasteiger charge is 2.16. The Morgan fingerprint density at radius 3 is 2.48 bits per heavy atom. The molecule has 10 heteroatoms. The lowest BCUT2D eigenvalue weighted by molar-refractivity contribution is 0.0934. The van der Waals surface area contributed by atoms with Crippen LogP contribution in [-0.4, -0.2) is 23.5 Å². The Hall–Kier alpha value is -1.87. The first-order valence-corrected chi connectivity index (χ1v) is 9.56. The number of ether oxygens (including phenoxy) is 1. The van der Waals surface area contributed by atoms with E-state index in [4.69, 9.17) is 40.2 Å². The molecule has 0 atom stereocenters. The van der Waals surface area contributed by atoms with Gasteiger partial charge in [-0.2, -0.15) is 0 Å². The van der Waals surface area contributed by atoms with E-state index >= 15 is 0 Å². The minimum atomic E-state index is -0.536. The van der Waals surface area contributed by atoms with Crippen LogP contribution in [0.4, 0.5) is 0 Å². The second-order valence-electron chi connectivity index (χ2n) is 5.06. The van der Waals surface area contributed by atoms with Gasteiger partial charge in [-0.3, -0.25) is 25.8 Å². The fourth-order valence-electron chi connectivity index (χ4n) is 2.02. The van der Waals surface area contributed by atoms with E-state index in [9.17, 15) is 9.59 Å². The first kappa shape index (κ1) is 21.4. The van der Waals surface area contributed by atoms with E-state index in [1.54, 1.807) is 18.2 Å². The number of thiocarbonyl (C=S) groups is 1. The van der Waals surface area contributed by atoms with Crippen molar-refractivity contribution in [2.75, 3.05) is 6.61 Å². The van der Waals surface area contributed by atoms with Crippen molar-refractivity contribution in [1.29, 1.82) is 0 Å². The Morgan fingerprint density at radius 2 is 1.81 bits per heavy atom. The second kappa shape index (κ2) is 9.89. The predicted molar refractivity (Wildman–Crippen MR) is 112 cm³/mol. The molecule has 0 aliphatic carbocycles. The molecule has 2 aromatic rings. The van der Waals surface area contributed by atoms with Gasteiger partial charge in [0, 0.05) is 9.50 Å². The zero-order valence-corrected chi connectivity index (χ0v) is 17.9. The number of amides is 2. The van der Waals surface area contributed by atoms with Crippen LogP contribution in [0.3, 0.4) is 0 Å². The van der Waals surface area contributed by atoms with Crippen molar-refractivity contribution in [3.63, 3.8) is 0 Å². The van der Waals surface area contributed by atoms with Crippen LogP contribution in [0, 0.1) is 0 Å². The maximum Gasteiger partial charge on any atom is 0.271 e. The van der Waals surface area contributed by atoms with Crippen molar-refractivity contribution in [1.82, 2.24) is 16.2 Å². The zero-order valence-electron chi connectivity index (χ0n) is 13.9. The molecule has 6 nitrogen and oxygen atoms in total. The van der Waals surface area contributed by atoms with Crippen molar-refractivity contribution >= 4 is 68.3 Å². The van der Waals surface area contributed by atoms with Gasteiger partial charge in [-0.15, -0.1) is 0 Å². The van der Waals surface area contributed by atoms with Crippen molar-refractivity contribution in [2.45, 2.75) is 6.92 Å². The van der Waals surface area contributed by atoms with E-state index in [0.29, 0.717) is 27.4 Å². The third-order valence-electron chi connectivity index (χ3n) is 3.18. The molecule has 0 aliphatic rings. The van der Waals surface area contributed by atoms with Crippen molar-refractivity contribution in [3.05, 3.63) is 62.0 Å². The van der Waals surface area contributed by atoms with E-state index in [-0.39, 0.29) is 15.7 Å². The van der Waals surface area contributed by atoms with Gasteiger partial charge in [0.25, 0.3) is 11.8 Å². The Bertz CT molecular complexity index is 896. The molecule has 0 radical (unpaired) electrons. The van der Waals surface area contributed by atoms with E-state index in [1.165, 1.54) is 18.2 Å². The van der Waals surface area contributed by atoms with E-state index < -0.39 is 11.8 Å². The van der Waals surface area contributed by atoms with Crippen molar-refractivity contribution in [3.8, 4) is 5.75 Å². The summed E-state index contributed by atoms with van der Waals surface area (Å²) in [6, 6.07) is 9.48. The summed E-state index contributed by atoms with van der Waals surface area (Å²) in [7, 11) is 0. The van der Waals surface area contributed by atoms with Crippen LogP contribution in [0.15, 0.2) is 40.9 Å². The second-order valence-corrected chi connectivity index (χ2v) is 7.23. The zero-order chi connectivity index (χ0) is 20.0. The van der Waals surface area contributed by atoms with Crippen molar-refractivity contribution in [2.24, 2.45) is 0 Å². The molecule has 2 aromatic carbocycles. The van der Waals surface area contributed by atoms with Crippen LogP contribution in [0.5, 0.6) is 5.75 Å². The van der Waals surface area contributed by atoms with E-state index in [0.717, 1.165) is 0 Å². The van der Waals surface area contributed by atoms with Gasteiger partial charge in [-0.25, -0.2) is 0 Å². The van der Waals surface area contributed by atoms with E-state index in [1.807, 2.05) is 6.92 Å². The summed E-state index contributed by atoms with van der Waals surface area (Å²) in [5, 5.41) is 2.96. The van der Waals surface area contributed by atoms with Gasteiger partial charge in [-0.1, -0.05) is 39.1 Å². The molecule has 0 aromatic heterocycles. The Labute approximate surface area is 179 Å². The molecule has 27 heavy (non-hydrogen) atoms. The van der Waals surface area contributed by atoms with Gasteiger partial charge in [0.15, 0.2) is 5.11 Å². The molecule has 0 saturated carbocycles. The summed E-state index contributed by atoms with van der Waals surface area (Å²) in [5.41, 5.74) is 5.30. The van der Waals surface area contributed by atoms with Crippen LogP contribution in [0.25, 0.3) is 0 Å². The number of halogens is 3. The number of carbonyl (C=O) groups excluding carboxylic acids is 2. The van der Waals surface area contributed by atoms with Gasteiger partial charge in [0.05, 0.1) is 22.8 Å². The lowest BCUT2D eigenvalue weighted by Crippen LogP contribution is -2.48. The highest BCUT2D eigenvalue weighted by atomic mass is 79.9. The molecule has 0 unspecified atom stereocenters. The lowest BCUT2D eigenvalue weighted by Gasteiger charge is -2.13. The van der Waals surface area contributed by atoms with Gasteiger partial charge in [0.1, 0.15) is 5.75 Å². The highest BCUT2D eigenvalue weighted by molar-refractivity contribution is 9.10. The molecule has 0 heterocycles. The third kappa shape index (κ3) is 6.07. The molecule has 2 rings (SSSR count). The predicted octanol–water partition coefficient (Wildman–Crippen LogP) is 4.10. The molecular weight excluding hydrogens is 477 g/mol. The summed E-state index contributed by atoms with van der Waals surface area (Å²) in [5.74, 6) is -0.611. The summed E-state index contributed by atoms with van der Waals surface area (Å²) < 4.78 is 6.14. The third-order valence-corrected chi connectivity index (χ3v) is 4.42. The largest absolute Gasteiger partial charge is 0.493 e. The SMILES string of the molecule is CCOc1ccc(Br)cc1C(=O)NC(=S)NNC(=O)c1ccc(Cl)cc1Cl. The molecule has 0 saturated heterocycles. The van der Waals surface area contributed by atoms with Crippen LogP contribution in [-0.2, 0) is 0 Å². The fraction of sp³-hybridized carbons (Fsp3) is 0.118. The average molecular weight is 491 g/mol. The molecular formula is C17H14BrCl2N3O3S. The number of rotatable bonds is 4. The van der Waals surface area contributed by atoms with Gasteiger partial charge < -0.3 is 4.74 Å². The number of carbonyl (C=O) groups is 2. The minimum absolute atomic E-state index is 0.0964. The highest BCUT2D eigenvalue weighted by Crippen LogP contribution is 2.23. The maximum atomic E-state index is 12.4. The van der Waals surface area contributed by atoms with Crippen LogP contribution in [0.1, 0.15) is 27.6 Å². The van der Waals surface area contributed by atoms with Gasteiger partial charge in [-0.05, 0) is 55.5 Å². The minimum Gasteiger partial charge on any atom is -0.493 e. The summed E-state index contributed by atoms with van der Waals surface area (Å²) in [4.78, 5) is 24.5. The normalized spacial score (nSPS) is 10.1. The number of benzene rings is 2. The van der Waals surface area contributed by atoms with Gasteiger partial charge in [0.2, 0.25) is 0 Å². The van der Waals surface area contributed by atoms with Crippen molar-refractivity contribution < 1.29 is 14.3 Å². The Balaban J connectivity index is 1.98. The molecule has 0 fully saturated rings. The molecule has 142 valence electrons. The first-order chi connectivity index (χ1) is 12.8. The molecule has 0 bridgehead atoms. The number of hydrogen-bond donors (Lipinski definition) is 3. The molecule has 0 spiro atoms. The Kier molecular flexibility index (Phi) is 7.85. The van der Waals surface area contributed by atoms with Crippen LogP contribution >= 0.6 is 51.3 Å². The fourth-order valence-corrected chi connectivity index (χ4v) is 3.02. The van der Waals surface area contributed by atoms with Gasteiger partial charge >= 0.3 is 0 Å².